The fourth-order valence-electron chi connectivity index (χ4n) is 1.37. The number of aromatic nitrogens is 4. The van der Waals surface area contributed by atoms with Gasteiger partial charge in [-0.25, -0.2) is 0 Å². The normalized spacial score (nSPS) is 10.3. The number of hydrogen-bond acceptors (Lipinski definition) is 7. The summed E-state index contributed by atoms with van der Waals surface area (Å²) < 4.78 is 4.94. The van der Waals surface area contributed by atoms with Gasteiger partial charge in [-0.05, 0) is 13.3 Å². The summed E-state index contributed by atoms with van der Waals surface area (Å²) in [6.45, 7) is 4.83. The van der Waals surface area contributed by atoms with Crippen molar-refractivity contribution in [1.29, 1.82) is 0 Å². The molecule has 0 bridgehead atoms. The number of nitrogens with zero attached hydrogens (tertiary/aromatic N) is 4. The second kappa shape index (κ2) is 5.95. The zero-order valence-electron chi connectivity index (χ0n) is 10.5. The van der Waals surface area contributed by atoms with Crippen LogP contribution < -0.4 is 10.6 Å². The third kappa shape index (κ3) is 3.41. The van der Waals surface area contributed by atoms with Crippen LogP contribution in [-0.4, -0.2) is 26.9 Å². The van der Waals surface area contributed by atoms with Crippen molar-refractivity contribution in [1.82, 2.24) is 20.3 Å². The Morgan fingerprint density at radius 3 is 2.94 bits per heavy atom. The van der Waals surface area contributed by atoms with Gasteiger partial charge in [0.05, 0.1) is 6.20 Å². The molecular weight excluding hydrogens is 232 g/mol. The fraction of sp³-hybridized carbons (Fsp3) is 0.455. The SMILES string of the molecule is CCCCNc1cnnc(Nc2cc(C)on2)n1. The molecule has 0 saturated carbocycles. The Kier molecular flexibility index (Phi) is 4.06. The smallest absolute Gasteiger partial charge is 0.250 e. The topological polar surface area (TPSA) is 88.8 Å². The highest BCUT2D eigenvalue weighted by Gasteiger charge is 2.04. The molecule has 2 aromatic rings. The molecule has 0 atom stereocenters. The van der Waals surface area contributed by atoms with Crippen molar-refractivity contribution in [2.45, 2.75) is 26.7 Å². The molecule has 2 N–H and O–H groups in total. The number of aryl methyl sites for hydroxylation is 1. The van der Waals surface area contributed by atoms with Crippen LogP contribution in [-0.2, 0) is 0 Å². The van der Waals surface area contributed by atoms with E-state index in [4.69, 9.17) is 4.52 Å². The maximum atomic E-state index is 4.94. The molecule has 0 aliphatic rings. The molecule has 0 fully saturated rings. The van der Waals surface area contributed by atoms with E-state index in [9.17, 15) is 0 Å². The molecule has 0 amide bonds. The van der Waals surface area contributed by atoms with Gasteiger partial charge in [0.15, 0.2) is 11.6 Å². The van der Waals surface area contributed by atoms with E-state index in [1.807, 2.05) is 6.92 Å². The summed E-state index contributed by atoms with van der Waals surface area (Å²) in [7, 11) is 0. The molecule has 0 aliphatic carbocycles. The van der Waals surface area contributed by atoms with Crippen LogP contribution in [0.3, 0.4) is 0 Å². The lowest BCUT2D eigenvalue weighted by Gasteiger charge is -2.05. The zero-order valence-corrected chi connectivity index (χ0v) is 10.5. The Morgan fingerprint density at radius 2 is 2.22 bits per heavy atom. The highest BCUT2D eigenvalue weighted by molar-refractivity contribution is 5.48. The van der Waals surface area contributed by atoms with Gasteiger partial charge in [0.2, 0.25) is 5.95 Å². The summed E-state index contributed by atoms with van der Waals surface area (Å²) in [6.07, 6.45) is 3.82. The molecule has 96 valence electrons. The first-order valence-corrected chi connectivity index (χ1v) is 5.92. The minimum atomic E-state index is 0.393. The molecule has 0 unspecified atom stereocenters. The van der Waals surface area contributed by atoms with Crippen LogP contribution in [0, 0.1) is 6.92 Å². The first-order chi connectivity index (χ1) is 8.78. The van der Waals surface area contributed by atoms with Crippen LogP contribution >= 0.6 is 0 Å². The molecule has 0 aliphatic heterocycles. The average Bonchev–Trinajstić information content (AvgIpc) is 2.76. The van der Waals surface area contributed by atoms with Crippen molar-refractivity contribution in [2.24, 2.45) is 0 Å². The second-order valence-electron chi connectivity index (χ2n) is 3.89. The van der Waals surface area contributed by atoms with Crippen LogP contribution in [0.1, 0.15) is 25.5 Å². The van der Waals surface area contributed by atoms with Crippen molar-refractivity contribution in [3.63, 3.8) is 0 Å². The highest BCUT2D eigenvalue weighted by atomic mass is 16.5. The second-order valence-corrected chi connectivity index (χ2v) is 3.89. The standard InChI is InChI=1S/C11H16N6O/c1-3-4-5-12-10-7-13-16-11(15-10)14-9-6-8(2)18-17-9/h6-7H,3-5H2,1-2H3,(H2,12,14,15,16,17). The molecule has 18 heavy (non-hydrogen) atoms. The summed E-state index contributed by atoms with van der Waals surface area (Å²) in [6, 6.07) is 1.76. The quantitative estimate of drug-likeness (QED) is 0.757. The van der Waals surface area contributed by atoms with E-state index in [0.717, 1.165) is 25.1 Å². The fourth-order valence-corrected chi connectivity index (χ4v) is 1.37. The van der Waals surface area contributed by atoms with Gasteiger partial charge in [-0.2, -0.15) is 10.1 Å². The van der Waals surface area contributed by atoms with Crippen molar-refractivity contribution >= 4 is 17.6 Å². The molecule has 0 radical (unpaired) electrons. The minimum absolute atomic E-state index is 0.393. The zero-order chi connectivity index (χ0) is 12.8. The molecule has 0 aromatic carbocycles. The number of unbranched alkanes of at least 4 members (excludes halogenated alkanes) is 1. The summed E-state index contributed by atoms with van der Waals surface area (Å²) in [5.41, 5.74) is 0. The highest BCUT2D eigenvalue weighted by Crippen LogP contribution is 2.12. The van der Waals surface area contributed by atoms with E-state index < -0.39 is 0 Å². The van der Waals surface area contributed by atoms with E-state index in [0.29, 0.717) is 17.6 Å². The first kappa shape index (κ1) is 12.3. The number of anilines is 3. The third-order valence-corrected chi connectivity index (χ3v) is 2.26. The van der Waals surface area contributed by atoms with Gasteiger partial charge in [0.25, 0.3) is 0 Å². The predicted molar refractivity (Wildman–Crippen MR) is 67.7 cm³/mol. The van der Waals surface area contributed by atoms with Crippen molar-refractivity contribution in [3.05, 3.63) is 18.0 Å². The van der Waals surface area contributed by atoms with E-state index in [1.165, 1.54) is 0 Å². The summed E-state index contributed by atoms with van der Waals surface area (Å²) in [4.78, 5) is 4.27. The largest absolute Gasteiger partial charge is 0.369 e. The van der Waals surface area contributed by atoms with Gasteiger partial charge in [-0.15, -0.1) is 5.10 Å². The first-order valence-electron chi connectivity index (χ1n) is 5.92. The minimum Gasteiger partial charge on any atom is -0.369 e. The Labute approximate surface area is 105 Å². The van der Waals surface area contributed by atoms with E-state index >= 15 is 0 Å². The van der Waals surface area contributed by atoms with Crippen molar-refractivity contribution in [2.75, 3.05) is 17.2 Å². The number of nitrogens with one attached hydrogen (secondary N) is 2. The summed E-state index contributed by atoms with van der Waals surface area (Å²) >= 11 is 0. The van der Waals surface area contributed by atoms with E-state index in [1.54, 1.807) is 12.3 Å². The van der Waals surface area contributed by atoms with Gasteiger partial charge >= 0.3 is 0 Å². The molecule has 7 nitrogen and oxygen atoms in total. The Morgan fingerprint density at radius 1 is 1.33 bits per heavy atom. The van der Waals surface area contributed by atoms with Gasteiger partial charge in [-0.3, -0.25) is 0 Å². The van der Waals surface area contributed by atoms with Gasteiger partial charge in [-0.1, -0.05) is 18.5 Å². The Hall–Kier alpha value is -2.18. The van der Waals surface area contributed by atoms with Crippen molar-refractivity contribution < 1.29 is 4.52 Å². The van der Waals surface area contributed by atoms with Crippen LogP contribution in [0.15, 0.2) is 16.8 Å². The van der Waals surface area contributed by atoms with Gasteiger partial charge in [0.1, 0.15) is 5.76 Å². The van der Waals surface area contributed by atoms with E-state index in [-0.39, 0.29) is 0 Å². The van der Waals surface area contributed by atoms with Crippen molar-refractivity contribution in [3.8, 4) is 0 Å². The van der Waals surface area contributed by atoms with E-state index in [2.05, 4.69) is 37.9 Å². The molecule has 0 saturated heterocycles. The molecule has 2 rings (SSSR count). The monoisotopic (exact) mass is 248 g/mol. The van der Waals surface area contributed by atoms with Gasteiger partial charge < -0.3 is 15.2 Å². The summed E-state index contributed by atoms with van der Waals surface area (Å²) in [5.74, 6) is 2.38. The van der Waals surface area contributed by atoms with Crippen LogP contribution in [0.4, 0.5) is 17.6 Å². The lowest BCUT2D eigenvalue weighted by Crippen LogP contribution is -2.06. The summed E-state index contributed by atoms with van der Waals surface area (Å²) in [5, 5.41) is 17.7. The van der Waals surface area contributed by atoms with Gasteiger partial charge in [0, 0.05) is 12.6 Å². The molecule has 0 spiro atoms. The Bertz CT molecular complexity index is 498. The maximum Gasteiger partial charge on any atom is 0.250 e. The third-order valence-electron chi connectivity index (χ3n) is 2.26. The molecular formula is C11H16N6O. The maximum absolute atomic E-state index is 4.94. The van der Waals surface area contributed by atoms with Crippen LogP contribution in [0.2, 0.25) is 0 Å². The predicted octanol–water partition coefficient (Wildman–Crippen LogP) is 2.12. The molecule has 2 aromatic heterocycles. The number of hydrogen-bond donors (Lipinski definition) is 2. The van der Waals surface area contributed by atoms with Crippen LogP contribution in [0.5, 0.6) is 0 Å². The number of rotatable bonds is 6. The average molecular weight is 248 g/mol. The molecule has 2 heterocycles. The Balaban J connectivity index is 1.98. The molecule has 7 heteroatoms. The lowest BCUT2D eigenvalue weighted by molar-refractivity contribution is 0.400. The van der Waals surface area contributed by atoms with Crippen LogP contribution in [0.25, 0.3) is 0 Å². The lowest BCUT2D eigenvalue weighted by atomic mass is 10.3.